The van der Waals surface area contributed by atoms with Crippen LogP contribution in [0.25, 0.3) is 0 Å². The highest BCUT2D eigenvalue weighted by Crippen LogP contribution is 2.33. The number of fused-ring (bicyclic) bond motifs is 1. The van der Waals surface area contributed by atoms with E-state index in [1.807, 2.05) is 11.7 Å². The van der Waals surface area contributed by atoms with Crippen molar-refractivity contribution < 1.29 is 0 Å². The quantitative estimate of drug-likeness (QED) is 0.757. The van der Waals surface area contributed by atoms with E-state index in [0.717, 1.165) is 19.5 Å². The van der Waals surface area contributed by atoms with Gasteiger partial charge in [0.15, 0.2) is 0 Å². The van der Waals surface area contributed by atoms with E-state index in [4.69, 9.17) is 0 Å². The Kier molecular flexibility index (Phi) is 2.59. The van der Waals surface area contributed by atoms with Gasteiger partial charge >= 0.3 is 0 Å². The number of rotatable bonds is 1. The molecule has 84 valence electrons. The standard InChI is InChI=1S/C12H21N3/c1-5-12(3)8-13-7-6-10-11(12)9(2)15(4)14-10/h13H,5-8H2,1-4H3. The molecule has 0 radical (unpaired) electrons. The van der Waals surface area contributed by atoms with Crippen molar-refractivity contribution in [1.82, 2.24) is 15.1 Å². The number of aromatic nitrogens is 2. The van der Waals surface area contributed by atoms with Gasteiger partial charge in [-0.1, -0.05) is 13.8 Å². The van der Waals surface area contributed by atoms with Crippen molar-refractivity contribution in [1.29, 1.82) is 0 Å². The van der Waals surface area contributed by atoms with Gasteiger partial charge < -0.3 is 5.32 Å². The van der Waals surface area contributed by atoms with Gasteiger partial charge in [-0.05, 0) is 13.3 Å². The molecular weight excluding hydrogens is 186 g/mol. The van der Waals surface area contributed by atoms with Crippen molar-refractivity contribution in [3.63, 3.8) is 0 Å². The van der Waals surface area contributed by atoms with Crippen LogP contribution in [-0.4, -0.2) is 22.9 Å². The van der Waals surface area contributed by atoms with E-state index in [1.54, 1.807) is 0 Å². The minimum absolute atomic E-state index is 0.254. The average Bonchev–Trinajstić information content (AvgIpc) is 2.41. The van der Waals surface area contributed by atoms with Gasteiger partial charge in [-0.25, -0.2) is 0 Å². The molecule has 1 atom stereocenters. The lowest BCUT2D eigenvalue weighted by Crippen LogP contribution is -2.34. The lowest BCUT2D eigenvalue weighted by Gasteiger charge is -2.27. The normalized spacial score (nSPS) is 26.1. The largest absolute Gasteiger partial charge is 0.315 e. The van der Waals surface area contributed by atoms with Gasteiger partial charge in [0.2, 0.25) is 0 Å². The molecule has 3 heteroatoms. The second kappa shape index (κ2) is 3.63. The second-order valence-electron chi connectivity index (χ2n) is 4.87. The van der Waals surface area contributed by atoms with Crippen LogP contribution in [0.2, 0.25) is 0 Å². The molecule has 0 spiro atoms. The minimum atomic E-state index is 0.254. The van der Waals surface area contributed by atoms with Crippen LogP contribution in [-0.2, 0) is 18.9 Å². The summed E-state index contributed by atoms with van der Waals surface area (Å²) in [7, 11) is 2.05. The maximum absolute atomic E-state index is 4.63. The number of nitrogens with zero attached hydrogens (tertiary/aromatic N) is 2. The Hall–Kier alpha value is -0.830. The lowest BCUT2D eigenvalue weighted by molar-refractivity contribution is 0.427. The zero-order valence-electron chi connectivity index (χ0n) is 10.2. The summed E-state index contributed by atoms with van der Waals surface area (Å²) >= 11 is 0. The van der Waals surface area contributed by atoms with Crippen molar-refractivity contribution in [3.05, 3.63) is 17.0 Å². The van der Waals surface area contributed by atoms with E-state index < -0.39 is 0 Å². The molecule has 15 heavy (non-hydrogen) atoms. The van der Waals surface area contributed by atoms with E-state index in [-0.39, 0.29) is 5.41 Å². The maximum Gasteiger partial charge on any atom is 0.0677 e. The fourth-order valence-electron chi connectivity index (χ4n) is 2.60. The fraction of sp³-hybridized carbons (Fsp3) is 0.750. The summed E-state index contributed by atoms with van der Waals surface area (Å²) in [6.07, 6.45) is 2.23. The molecule has 0 aromatic carbocycles. The highest BCUT2D eigenvalue weighted by atomic mass is 15.3. The van der Waals surface area contributed by atoms with Gasteiger partial charge in [-0.2, -0.15) is 5.10 Å². The number of hydrogen-bond donors (Lipinski definition) is 1. The van der Waals surface area contributed by atoms with E-state index in [0.29, 0.717) is 0 Å². The molecule has 0 amide bonds. The monoisotopic (exact) mass is 207 g/mol. The van der Waals surface area contributed by atoms with Gasteiger partial charge in [-0.15, -0.1) is 0 Å². The molecule has 2 rings (SSSR count). The molecule has 0 bridgehead atoms. The summed E-state index contributed by atoms with van der Waals surface area (Å²) in [4.78, 5) is 0. The summed E-state index contributed by atoms with van der Waals surface area (Å²) in [5.74, 6) is 0. The molecule has 0 saturated heterocycles. The van der Waals surface area contributed by atoms with Gasteiger partial charge in [0.25, 0.3) is 0 Å². The van der Waals surface area contributed by atoms with Crippen LogP contribution in [0.4, 0.5) is 0 Å². The molecule has 1 unspecified atom stereocenters. The van der Waals surface area contributed by atoms with Gasteiger partial charge in [0, 0.05) is 43.2 Å². The van der Waals surface area contributed by atoms with Crippen LogP contribution in [0.15, 0.2) is 0 Å². The Morgan fingerprint density at radius 2 is 2.27 bits per heavy atom. The molecule has 0 fully saturated rings. The van der Waals surface area contributed by atoms with Crippen LogP contribution < -0.4 is 5.32 Å². The highest BCUT2D eigenvalue weighted by molar-refractivity contribution is 5.35. The molecular formula is C12H21N3. The highest BCUT2D eigenvalue weighted by Gasteiger charge is 2.33. The molecule has 1 aliphatic rings. The Morgan fingerprint density at radius 1 is 1.53 bits per heavy atom. The lowest BCUT2D eigenvalue weighted by atomic mass is 9.79. The van der Waals surface area contributed by atoms with Crippen molar-refractivity contribution in [3.8, 4) is 0 Å². The first-order valence-corrected chi connectivity index (χ1v) is 5.82. The van der Waals surface area contributed by atoms with Gasteiger partial charge in [-0.3, -0.25) is 4.68 Å². The maximum atomic E-state index is 4.63. The Bertz CT molecular complexity index is 367. The summed E-state index contributed by atoms with van der Waals surface area (Å²) in [6.45, 7) is 8.93. The van der Waals surface area contributed by atoms with E-state index >= 15 is 0 Å². The molecule has 0 saturated carbocycles. The van der Waals surface area contributed by atoms with E-state index in [1.165, 1.54) is 23.4 Å². The van der Waals surface area contributed by atoms with Crippen molar-refractivity contribution in [2.24, 2.45) is 7.05 Å². The summed E-state index contributed by atoms with van der Waals surface area (Å²) in [6, 6.07) is 0. The van der Waals surface area contributed by atoms with Crippen molar-refractivity contribution in [2.45, 2.75) is 39.0 Å². The molecule has 1 aliphatic heterocycles. The Morgan fingerprint density at radius 3 is 2.93 bits per heavy atom. The predicted octanol–water partition coefficient (Wildman–Crippen LogP) is 1.54. The first-order chi connectivity index (χ1) is 7.08. The third kappa shape index (κ3) is 1.59. The predicted molar refractivity (Wildman–Crippen MR) is 62.2 cm³/mol. The topological polar surface area (TPSA) is 29.9 Å². The number of aryl methyl sites for hydroxylation is 1. The van der Waals surface area contributed by atoms with E-state index in [2.05, 4.69) is 31.2 Å². The van der Waals surface area contributed by atoms with Crippen LogP contribution >= 0.6 is 0 Å². The molecule has 0 aliphatic carbocycles. The first kappa shape index (κ1) is 10.7. The Labute approximate surface area is 91.9 Å². The van der Waals surface area contributed by atoms with Gasteiger partial charge in [0.1, 0.15) is 0 Å². The Balaban J connectivity index is 2.56. The number of hydrogen-bond acceptors (Lipinski definition) is 2. The summed E-state index contributed by atoms with van der Waals surface area (Å²) in [5, 5.41) is 8.15. The molecule has 1 aromatic rings. The van der Waals surface area contributed by atoms with Crippen molar-refractivity contribution >= 4 is 0 Å². The van der Waals surface area contributed by atoms with E-state index in [9.17, 15) is 0 Å². The van der Waals surface area contributed by atoms with Crippen LogP contribution in [0, 0.1) is 6.92 Å². The van der Waals surface area contributed by atoms with Crippen LogP contribution in [0.3, 0.4) is 0 Å². The van der Waals surface area contributed by atoms with Gasteiger partial charge in [0.05, 0.1) is 5.69 Å². The first-order valence-electron chi connectivity index (χ1n) is 5.82. The number of nitrogens with one attached hydrogen (secondary N) is 1. The fourth-order valence-corrected chi connectivity index (χ4v) is 2.60. The zero-order valence-corrected chi connectivity index (χ0v) is 10.2. The van der Waals surface area contributed by atoms with Crippen LogP contribution in [0.1, 0.15) is 37.2 Å². The average molecular weight is 207 g/mol. The molecule has 2 heterocycles. The smallest absolute Gasteiger partial charge is 0.0677 e. The molecule has 1 N–H and O–H groups in total. The molecule has 1 aromatic heterocycles. The second-order valence-corrected chi connectivity index (χ2v) is 4.87. The van der Waals surface area contributed by atoms with Crippen molar-refractivity contribution in [2.75, 3.05) is 13.1 Å². The zero-order chi connectivity index (χ0) is 11.1. The SMILES string of the molecule is CCC1(C)CNCCc2nn(C)c(C)c21. The van der Waals surface area contributed by atoms with Crippen LogP contribution in [0.5, 0.6) is 0 Å². The third-order valence-corrected chi connectivity index (χ3v) is 3.84. The summed E-state index contributed by atoms with van der Waals surface area (Å²) in [5.41, 5.74) is 4.37. The molecule has 3 nitrogen and oxygen atoms in total. The third-order valence-electron chi connectivity index (χ3n) is 3.84. The minimum Gasteiger partial charge on any atom is -0.315 e. The summed E-state index contributed by atoms with van der Waals surface area (Å²) < 4.78 is 2.03.